The number of nitrogens with zero attached hydrogens (tertiary/aromatic N) is 1. The molecule has 0 aliphatic carbocycles. The lowest BCUT2D eigenvalue weighted by Crippen LogP contribution is -2.18. The summed E-state index contributed by atoms with van der Waals surface area (Å²) in [6, 6.07) is 17.1. The van der Waals surface area contributed by atoms with Crippen LogP contribution in [0.15, 0.2) is 86.1 Å². The molecule has 174 valence electrons. The largest absolute Gasteiger partial charge is 0.490 e. The van der Waals surface area contributed by atoms with Crippen molar-refractivity contribution < 1.29 is 25.8 Å². The highest BCUT2D eigenvalue weighted by Gasteiger charge is 2.22. The number of sulfonamides is 1. The van der Waals surface area contributed by atoms with Gasteiger partial charge in [-0.3, -0.25) is 0 Å². The average Bonchev–Trinajstić information content (AvgIpc) is 2.77. The van der Waals surface area contributed by atoms with E-state index in [1.165, 1.54) is 42.6 Å². The van der Waals surface area contributed by atoms with Gasteiger partial charge in [0.1, 0.15) is 4.90 Å². The highest BCUT2D eigenvalue weighted by atomic mass is 79.9. The number of ether oxygens (including phenoxy) is 1. The van der Waals surface area contributed by atoms with Crippen LogP contribution in [0.5, 0.6) is 11.5 Å². The van der Waals surface area contributed by atoms with Crippen LogP contribution in [0.4, 0.5) is 0 Å². The quantitative estimate of drug-likeness (QED) is 0.241. The molecular weight excluding hydrogens is 532 g/mol. The molecule has 0 bridgehead atoms. The molecule has 0 atom stereocenters. The van der Waals surface area contributed by atoms with E-state index < -0.39 is 20.1 Å². The molecule has 0 aromatic heterocycles. The molecule has 8 nitrogen and oxygen atoms in total. The SMILES string of the molecule is CCOc1cc(/C=N\NS(=O)(=O)c2ccc(C)cc2)cc(Br)c1OS(=O)(=O)c1ccccc1. The van der Waals surface area contributed by atoms with Gasteiger partial charge in [-0.15, -0.1) is 0 Å². The first-order valence-corrected chi connectivity index (χ1v) is 13.4. The van der Waals surface area contributed by atoms with Crippen molar-refractivity contribution in [1.29, 1.82) is 0 Å². The summed E-state index contributed by atoms with van der Waals surface area (Å²) in [4.78, 5) is 2.22. The van der Waals surface area contributed by atoms with E-state index in [4.69, 9.17) is 8.92 Å². The topological polar surface area (TPSA) is 111 Å². The van der Waals surface area contributed by atoms with E-state index in [1.54, 1.807) is 37.3 Å². The number of halogens is 1. The molecule has 0 aliphatic rings. The van der Waals surface area contributed by atoms with Gasteiger partial charge in [0, 0.05) is 0 Å². The molecule has 3 aromatic carbocycles. The van der Waals surface area contributed by atoms with E-state index in [0.29, 0.717) is 5.56 Å². The fraction of sp³-hybridized carbons (Fsp3) is 0.136. The van der Waals surface area contributed by atoms with E-state index in [9.17, 15) is 16.8 Å². The molecule has 1 N–H and O–H groups in total. The minimum atomic E-state index is -4.09. The lowest BCUT2D eigenvalue weighted by molar-refractivity contribution is 0.327. The van der Waals surface area contributed by atoms with Crippen molar-refractivity contribution >= 4 is 42.3 Å². The molecule has 0 saturated heterocycles. The van der Waals surface area contributed by atoms with Gasteiger partial charge < -0.3 is 8.92 Å². The van der Waals surface area contributed by atoms with Crippen molar-refractivity contribution in [3.8, 4) is 11.5 Å². The van der Waals surface area contributed by atoms with E-state index in [2.05, 4.69) is 25.9 Å². The van der Waals surface area contributed by atoms with Crippen LogP contribution in [0.1, 0.15) is 18.1 Å². The Morgan fingerprint density at radius 1 is 0.970 bits per heavy atom. The average molecular weight is 553 g/mol. The Morgan fingerprint density at radius 3 is 2.27 bits per heavy atom. The van der Waals surface area contributed by atoms with E-state index >= 15 is 0 Å². The second-order valence-electron chi connectivity index (χ2n) is 6.78. The van der Waals surface area contributed by atoms with Crippen LogP contribution in [-0.4, -0.2) is 29.7 Å². The molecule has 0 fully saturated rings. The van der Waals surface area contributed by atoms with Crippen molar-refractivity contribution in [2.24, 2.45) is 5.10 Å². The lowest BCUT2D eigenvalue weighted by atomic mass is 10.2. The maximum Gasteiger partial charge on any atom is 0.339 e. The summed E-state index contributed by atoms with van der Waals surface area (Å²) in [5.41, 5.74) is 1.38. The fourth-order valence-electron chi connectivity index (χ4n) is 2.69. The number of hydrogen-bond acceptors (Lipinski definition) is 7. The summed E-state index contributed by atoms with van der Waals surface area (Å²) >= 11 is 3.30. The Hall–Kier alpha value is -2.89. The minimum absolute atomic E-state index is 0.00417. The first-order valence-electron chi connectivity index (χ1n) is 9.70. The number of hydrazone groups is 1. The standard InChI is InChI=1S/C22H21BrN2O6S2/c1-3-30-21-14-17(15-24-25-32(26,27)18-11-9-16(2)10-12-18)13-20(23)22(21)31-33(28,29)19-7-5-4-6-8-19/h4-15,25H,3H2,1-2H3/b24-15-. The zero-order chi connectivity index (χ0) is 24.1. The highest BCUT2D eigenvalue weighted by Crippen LogP contribution is 2.38. The maximum absolute atomic E-state index is 12.6. The van der Waals surface area contributed by atoms with Crippen LogP contribution in [-0.2, 0) is 20.1 Å². The summed E-state index contributed by atoms with van der Waals surface area (Å²) in [7, 11) is -7.93. The summed E-state index contributed by atoms with van der Waals surface area (Å²) in [6.45, 7) is 3.84. The monoisotopic (exact) mass is 552 g/mol. The third kappa shape index (κ3) is 6.34. The molecule has 33 heavy (non-hydrogen) atoms. The van der Waals surface area contributed by atoms with Gasteiger partial charge in [0.05, 0.1) is 22.2 Å². The number of benzene rings is 3. The zero-order valence-corrected chi connectivity index (χ0v) is 20.9. The van der Waals surface area contributed by atoms with Crippen LogP contribution in [0, 0.1) is 6.92 Å². The molecule has 0 amide bonds. The molecule has 3 rings (SSSR count). The van der Waals surface area contributed by atoms with E-state index in [1.807, 2.05) is 6.92 Å². The first kappa shape index (κ1) is 24.7. The molecule has 0 heterocycles. The number of hydrogen-bond donors (Lipinski definition) is 1. The molecule has 0 saturated carbocycles. The molecule has 0 radical (unpaired) electrons. The van der Waals surface area contributed by atoms with Crippen LogP contribution in [0.2, 0.25) is 0 Å². The van der Waals surface area contributed by atoms with Gasteiger partial charge in [-0.25, -0.2) is 4.83 Å². The van der Waals surface area contributed by atoms with Crippen molar-refractivity contribution in [2.75, 3.05) is 6.61 Å². The predicted octanol–water partition coefficient (Wildman–Crippen LogP) is 4.24. The lowest BCUT2D eigenvalue weighted by Gasteiger charge is -2.14. The van der Waals surface area contributed by atoms with E-state index in [-0.39, 0.29) is 32.4 Å². The Bertz CT molecular complexity index is 1360. The summed E-state index contributed by atoms with van der Waals surface area (Å²) in [6.07, 6.45) is 1.27. The summed E-state index contributed by atoms with van der Waals surface area (Å²) < 4.78 is 61.2. The van der Waals surface area contributed by atoms with Gasteiger partial charge in [0.15, 0.2) is 11.5 Å². The predicted molar refractivity (Wildman–Crippen MR) is 129 cm³/mol. The minimum Gasteiger partial charge on any atom is -0.490 e. The fourth-order valence-corrected chi connectivity index (χ4v) is 5.11. The Balaban J connectivity index is 1.85. The number of rotatable bonds is 9. The Morgan fingerprint density at radius 2 is 1.64 bits per heavy atom. The third-order valence-electron chi connectivity index (χ3n) is 4.27. The van der Waals surface area contributed by atoms with Gasteiger partial charge in [-0.1, -0.05) is 35.9 Å². The van der Waals surface area contributed by atoms with Gasteiger partial charge in [0.2, 0.25) is 0 Å². The molecule has 0 aliphatic heterocycles. The normalized spacial score (nSPS) is 12.0. The second-order valence-corrected chi connectivity index (χ2v) is 10.8. The molecule has 0 spiro atoms. The summed E-state index contributed by atoms with van der Waals surface area (Å²) in [5, 5.41) is 3.81. The van der Waals surface area contributed by atoms with Crippen LogP contribution >= 0.6 is 15.9 Å². The zero-order valence-electron chi connectivity index (χ0n) is 17.7. The van der Waals surface area contributed by atoms with Crippen molar-refractivity contribution in [3.63, 3.8) is 0 Å². The van der Waals surface area contributed by atoms with Crippen LogP contribution < -0.4 is 13.8 Å². The molecule has 3 aromatic rings. The van der Waals surface area contributed by atoms with Gasteiger partial charge in [0.25, 0.3) is 10.0 Å². The van der Waals surface area contributed by atoms with Crippen molar-refractivity contribution in [3.05, 3.63) is 82.3 Å². The van der Waals surface area contributed by atoms with Crippen LogP contribution in [0.25, 0.3) is 0 Å². The molecule has 0 unspecified atom stereocenters. The van der Waals surface area contributed by atoms with Gasteiger partial charge in [-0.05, 0) is 71.7 Å². The summed E-state index contributed by atoms with van der Waals surface area (Å²) in [5.74, 6) is 0.118. The Kier molecular flexibility index (Phi) is 7.77. The smallest absolute Gasteiger partial charge is 0.339 e. The van der Waals surface area contributed by atoms with Gasteiger partial charge >= 0.3 is 10.1 Å². The third-order valence-corrected chi connectivity index (χ3v) is 7.34. The van der Waals surface area contributed by atoms with Gasteiger partial charge in [-0.2, -0.15) is 21.9 Å². The Labute approximate surface area is 201 Å². The molecule has 11 heteroatoms. The molecular formula is C22H21BrN2O6S2. The van der Waals surface area contributed by atoms with E-state index in [0.717, 1.165) is 5.56 Å². The first-order chi connectivity index (χ1) is 15.6. The maximum atomic E-state index is 12.6. The number of aryl methyl sites for hydroxylation is 1. The van der Waals surface area contributed by atoms with Crippen LogP contribution in [0.3, 0.4) is 0 Å². The highest BCUT2D eigenvalue weighted by molar-refractivity contribution is 9.10. The van der Waals surface area contributed by atoms with Crippen molar-refractivity contribution in [1.82, 2.24) is 4.83 Å². The second kappa shape index (κ2) is 10.4. The number of nitrogens with one attached hydrogen (secondary N) is 1. The van der Waals surface area contributed by atoms with Crippen molar-refractivity contribution in [2.45, 2.75) is 23.6 Å².